The van der Waals surface area contributed by atoms with E-state index in [-0.39, 0.29) is 11.4 Å². The largest absolute Gasteiger partial charge is 0.496 e. The average molecular weight is 247 g/mol. The SMILES string of the molecule is COc1cc(OC)c(C(F)(F)F)cc1N=[N+]=[N-]. The topological polar surface area (TPSA) is 67.2 Å². The van der Waals surface area contributed by atoms with Crippen LogP contribution in [0.25, 0.3) is 10.4 Å². The fourth-order valence-electron chi connectivity index (χ4n) is 1.23. The van der Waals surface area contributed by atoms with E-state index in [0.717, 1.165) is 13.2 Å². The highest BCUT2D eigenvalue weighted by Gasteiger charge is 2.35. The molecular weight excluding hydrogens is 239 g/mol. The maximum Gasteiger partial charge on any atom is 0.419 e. The molecule has 0 heterocycles. The van der Waals surface area contributed by atoms with Crippen LogP contribution in [0.2, 0.25) is 0 Å². The van der Waals surface area contributed by atoms with Gasteiger partial charge in [-0.3, -0.25) is 0 Å². The van der Waals surface area contributed by atoms with Gasteiger partial charge in [0, 0.05) is 11.0 Å². The van der Waals surface area contributed by atoms with Gasteiger partial charge in [-0.05, 0) is 11.6 Å². The number of rotatable bonds is 3. The van der Waals surface area contributed by atoms with Crippen LogP contribution in [0.1, 0.15) is 5.56 Å². The van der Waals surface area contributed by atoms with Crippen molar-refractivity contribution >= 4 is 5.69 Å². The molecule has 0 bridgehead atoms. The van der Waals surface area contributed by atoms with E-state index >= 15 is 0 Å². The van der Waals surface area contributed by atoms with Crippen molar-refractivity contribution in [2.24, 2.45) is 5.11 Å². The molecule has 17 heavy (non-hydrogen) atoms. The minimum absolute atomic E-state index is 0.00708. The van der Waals surface area contributed by atoms with Crippen LogP contribution in [0.3, 0.4) is 0 Å². The molecule has 5 nitrogen and oxygen atoms in total. The highest BCUT2D eigenvalue weighted by Crippen LogP contribution is 2.42. The highest BCUT2D eigenvalue weighted by atomic mass is 19.4. The Morgan fingerprint density at radius 2 is 1.76 bits per heavy atom. The number of halogens is 3. The van der Waals surface area contributed by atoms with Gasteiger partial charge in [-0.15, -0.1) is 0 Å². The van der Waals surface area contributed by atoms with Gasteiger partial charge in [-0.25, -0.2) is 0 Å². The van der Waals surface area contributed by atoms with Crippen LogP contribution in [0, 0.1) is 0 Å². The lowest BCUT2D eigenvalue weighted by molar-refractivity contribution is -0.138. The highest BCUT2D eigenvalue weighted by molar-refractivity contribution is 5.59. The first-order valence-corrected chi connectivity index (χ1v) is 4.32. The van der Waals surface area contributed by atoms with Crippen LogP contribution >= 0.6 is 0 Å². The summed E-state index contributed by atoms with van der Waals surface area (Å²) in [7, 11) is 2.36. The first-order valence-electron chi connectivity index (χ1n) is 4.32. The van der Waals surface area contributed by atoms with Crippen LogP contribution in [-0.4, -0.2) is 14.2 Å². The fourth-order valence-corrected chi connectivity index (χ4v) is 1.23. The predicted octanol–water partition coefficient (Wildman–Crippen LogP) is 3.66. The maximum absolute atomic E-state index is 12.6. The second-order valence-corrected chi connectivity index (χ2v) is 2.91. The Bertz CT molecular complexity index is 467. The van der Waals surface area contributed by atoms with E-state index in [1.807, 2.05) is 0 Å². The summed E-state index contributed by atoms with van der Waals surface area (Å²) >= 11 is 0. The molecule has 0 N–H and O–H groups in total. The van der Waals surface area contributed by atoms with Crippen molar-refractivity contribution in [1.29, 1.82) is 0 Å². The molecule has 0 saturated heterocycles. The van der Waals surface area contributed by atoms with Crippen LogP contribution in [0.4, 0.5) is 18.9 Å². The molecule has 0 aliphatic rings. The van der Waals surface area contributed by atoms with Gasteiger partial charge in [-0.1, -0.05) is 5.11 Å². The zero-order valence-electron chi connectivity index (χ0n) is 8.95. The first kappa shape index (κ1) is 13.0. The van der Waals surface area contributed by atoms with E-state index in [4.69, 9.17) is 10.3 Å². The van der Waals surface area contributed by atoms with Crippen LogP contribution in [0.15, 0.2) is 17.2 Å². The number of azide groups is 1. The number of hydrogen-bond acceptors (Lipinski definition) is 3. The van der Waals surface area contributed by atoms with Crippen molar-refractivity contribution in [2.75, 3.05) is 14.2 Å². The second-order valence-electron chi connectivity index (χ2n) is 2.91. The molecule has 0 atom stereocenters. The van der Waals surface area contributed by atoms with Gasteiger partial charge in [0.2, 0.25) is 0 Å². The summed E-state index contributed by atoms with van der Waals surface area (Å²) in [5, 5.41) is 3.13. The van der Waals surface area contributed by atoms with Crippen molar-refractivity contribution in [3.63, 3.8) is 0 Å². The molecule has 0 spiro atoms. The van der Waals surface area contributed by atoms with Crippen LogP contribution in [0.5, 0.6) is 11.5 Å². The van der Waals surface area contributed by atoms with Crippen molar-refractivity contribution in [3.05, 3.63) is 28.1 Å². The van der Waals surface area contributed by atoms with Gasteiger partial charge in [0.1, 0.15) is 11.5 Å². The monoisotopic (exact) mass is 247 g/mol. The molecule has 1 aromatic carbocycles. The van der Waals surface area contributed by atoms with Gasteiger partial charge < -0.3 is 9.47 Å². The van der Waals surface area contributed by atoms with E-state index in [2.05, 4.69) is 14.8 Å². The quantitative estimate of drug-likeness (QED) is 0.464. The number of ether oxygens (including phenoxy) is 2. The van der Waals surface area contributed by atoms with Gasteiger partial charge in [-0.2, -0.15) is 13.2 Å². The van der Waals surface area contributed by atoms with Crippen molar-refractivity contribution in [1.82, 2.24) is 0 Å². The van der Waals surface area contributed by atoms with Crippen molar-refractivity contribution < 1.29 is 22.6 Å². The van der Waals surface area contributed by atoms with Gasteiger partial charge >= 0.3 is 6.18 Å². The Hall–Kier alpha value is -2.08. The molecule has 92 valence electrons. The molecule has 0 radical (unpaired) electrons. The lowest BCUT2D eigenvalue weighted by Gasteiger charge is -2.14. The summed E-state index contributed by atoms with van der Waals surface area (Å²) in [5.74, 6) is -0.390. The number of hydrogen-bond donors (Lipinski definition) is 0. The molecule has 1 aromatic rings. The number of methoxy groups -OCH3 is 2. The normalized spacial score (nSPS) is 10.6. The third kappa shape index (κ3) is 2.73. The van der Waals surface area contributed by atoms with Gasteiger partial charge in [0.25, 0.3) is 0 Å². The molecule has 0 aromatic heterocycles. The average Bonchev–Trinajstić information content (AvgIpc) is 2.27. The molecule has 1 rings (SSSR count). The van der Waals surface area contributed by atoms with E-state index in [1.165, 1.54) is 7.11 Å². The molecule has 0 fully saturated rings. The number of nitrogens with zero attached hydrogens (tertiary/aromatic N) is 3. The Balaban J connectivity index is 3.49. The fraction of sp³-hybridized carbons (Fsp3) is 0.333. The van der Waals surface area contributed by atoms with Crippen molar-refractivity contribution in [2.45, 2.75) is 6.18 Å². The minimum Gasteiger partial charge on any atom is -0.496 e. The molecule has 8 heteroatoms. The first-order chi connectivity index (χ1) is 7.93. The summed E-state index contributed by atoms with van der Waals surface area (Å²) in [6, 6.07) is 1.70. The Morgan fingerprint density at radius 3 is 2.18 bits per heavy atom. The van der Waals surface area contributed by atoms with Crippen molar-refractivity contribution in [3.8, 4) is 11.5 Å². The van der Waals surface area contributed by atoms with E-state index in [9.17, 15) is 13.2 Å². The predicted molar refractivity (Wildman–Crippen MR) is 53.4 cm³/mol. The third-order valence-electron chi connectivity index (χ3n) is 1.96. The smallest absolute Gasteiger partial charge is 0.419 e. The Kier molecular flexibility index (Phi) is 3.69. The molecule has 0 aliphatic carbocycles. The molecule has 0 aliphatic heterocycles. The molecule has 0 amide bonds. The van der Waals surface area contributed by atoms with Crippen LogP contribution in [-0.2, 0) is 6.18 Å². The van der Waals surface area contributed by atoms with E-state index < -0.39 is 17.5 Å². The minimum atomic E-state index is -4.60. The lowest BCUT2D eigenvalue weighted by Crippen LogP contribution is -2.07. The summed E-state index contributed by atoms with van der Waals surface area (Å²) in [6.07, 6.45) is -4.60. The van der Waals surface area contributed by atoms with E-state index in [1.54, 1.807) is 0 Å². The molecular formula is C9H8F3N3O2. The van der Waals surface area contributed by atoms with Crippen LogP contribution < -0.4 is 9.47 Å². The zero-order chi connectivity index (χ0) is 13.1. The molecule has 0 saturated carbocycles. The Morgan fingerprint density at radius 1 is 1.18 bits per heavy atom. The van der Waals surface area contributed by atoms with Gasteiger partial charge in [0.15, 0.2) is 0 Å². The zero-order valence-corrected chi connectivity index (χ0v) is 8.95. The Labute approximate surface area is 94.4 Å². The van der Waals surface area contributed by atoms with Gasteiger partial charge in [0.05, 0.1) is 25.5 Å². The summed E-state index contributed by atoms with van der Waals surface area (Å²) in [4.78, 5) is 2.43. The maximum atomic E-state index is 12.6. The lowest BCUT2D eigenvalue weighted by atomic mass is 10.1. The van der Waals surface area contributed by atoms with E-state index in [0.29, 0.717) is 6.07 Å². The summed E-state index contributed by atoms with van der Waals surface area (Å²) < 4.78 is 47.3. The molecule has 0 unspecified atom stereocenters. The standard InChI is InChI=1S/C9H8F3N3O2/c1-16-7-4-8(17-2)6(14-15-13)3-5(7)9(10,11)12/h3-4H,1-2H3. The number of alkyl halides is 3. The summed E-state index contributed by atoms with van der Waals surface area (Å²) in [5.41, 5.74) is 6.98. The second kappa shape index (κ2) is 4.84. The third-order valence-corrected chi connectivity index (χ3v) is 1.96. The number of benzene rings is 1. The summed E-state index contributed by atoms with van der Waals surface area (Å²) in [6.45, 7) is 0.